The molecule has 1 aromatic rings. The van der Waals surface area contributed by atoms with Crippen molar-refractivity contribution in [3.8, 4) is 17.2 Å². The molecule has 0 aliphatic heterocycles. The lowest BCUT2D eigenvalue weighted by atomic mass is 10.1. The van der Waals surface area contributed by atoms with Gasteiger partial charge >= 0.3 is 0 Å². The Morgan fingerprint density at radius 1 is 1.21 bits per heavy atom. The van der Waals surface area contributed by atoms with Crippen LogP contribution in [-0.2, 0) is 0 Å². The molecule has 0 unspecified atom stereocenters. The summed E-state index contributed by atoms with van der Waals surface area (Å²) in [7, 11) is -1.35. The van der Waals surface area contributed by atoms with Gasteiger partial charge in [-0.05, 0) is 24.6 Å². The van der Waals surface area contributed by atoms with Crippen LogP contribution in [0.25, 0.3) is 0 Å². The molecular formula is C12H16OSi. The monoisotopic (exact) mass is 204 g/mol. The number of phenolic OH excluding ortho intramolecular Hbond substituents is 1. The molecule has 0 aliphatic rings. The number of aromatic hydroxyl groups is 1. The lowest BCUT2D eigenvalue weighted by molar-refractivity contribution is 0.473. The smallest absolute Gasteiger partial charge is 0.131 e. The highest BCUT2D eigenvalue weighted by Gasteiger charge is 2.07. The molecule has 1 N–H and O–H groups in total. The summed E-state index contributed by atoms with van der Waals surface area (Å²) in [6, 6.07) is 5.58. The van der Waals surface area contributed by atoms with Gasteiger partial charge in [0.05, 0.1) is 5.56 Å². The Morgan fingerprint density at radius 2 is 1.86 bits per heavy atom. The lowest BCUT2D eigenvalue weighted by Gasteiger charge is -2.04. The van der Waals surface area contributed by atoms with Crippen LogP contribution in [0.15, 0.2) is 18.2 Å². The third-order valence-electron chi connectivity index (χ3n) is 1.73. The Bertz CT molecular complexity index is 391. The van der Waals surface area contributed by atoms with Gasteiger partial charge in [-0.3, -0.25) is 0 Å². The first-order valence-electron chi connectivity index (χ1n) is 4.71. The van der Waals surface area contributed by atoms with Gasteiger partial charge in [0.2, 0.25) is 0 Å². The Morgan fingerprint density at radius 3 is 2.36 bits per heavy atom. The van der Waals surface area contributed by atoms with Gasteiger partial charge in [0, 0.05) is 0 Å². The summed E-state index contributed by atoms with van der Waals surface area (Å²) in [6.07, 6.45) is 0. The van der Waals surface area contributed by atoms with Gasteiger partial charge in [-0.2, -0.15) is 0 Å². The maximum Gasteiger partial charge on any atom is 0.131 e. The van der Waals surface area contributed by atoms with Crippen molar-refractivity contribution in [3.63, 3.8) is 0 Å². The van der Waals surface area contributed by atoms with Crippen LogP contribution in [0.3, 0.4) is 0 Å². The van der Waals surface area contributed by atoms with Crippen molar-refractivity contribution in [2.45, 2.75) is 26.6 Å². The first kappa shape index (κ1) is 10.9. The van der Waals surface area contributed by atoms with Crippen molar-refractivity contribution in [1.82, 2.24) is 0 Å². The number of hydrogen-bond donors (Lipinski definition) is 1. The minimum absolute atomic E-state index is 0.288. The predicted octanol–water partition coefficient (Wildman–Crippen LogP) is 2.93. The fraction of sp³-hybridized carbons (Fsp3) is 0.333. The molecule has 1 aromatic carbocycles. The van der Waals surface area contributed by atoms with Crippen LogP contribution >= 0.6 is 0 Å². The van der Waals surface area contributed by atoms with E-state index in [-0.39, 0.29) is 5.75 Å². The molecule has 14 heavy (non-hydrogen) atoms. The van der Waals surface area contributed by atoms with E-state index in [1.165, 1.54) is 0 Å². The second kappa shape index (κ2) is 3.89. The van der Waals surface area contributed by atoms with Crippen LogP contribution in [0, 0.1) is 18.4 Å². The Hall–Kier alpha value is -1.20. The number of aryl methyl sites for hydroxylation is 1. The van der Waals surface area contributed by atoms with E-state index in [2.05, 4.69) is 31.1 Å². The molecule has 0 spiro atoms. The Balaban J connectivity index is 3.02. The number of benzene rings is 1. The van der Waals surface area contributed by atoms with E-state index < -0.39 is 8.07 Å². The zero-order chi connectivity index (χ0) is 10.8. The molecular weight excluding hydrogens is 188 g/mol. The van der Waals surface area contributed by atoms with Gasteiger partial charge < -0.3 is 5.11 Å². The quantitative estimate of drug-likeness (QED) is 0.509. The van der Waals surface area contributed by atoms with E-state index in [1.807, 2.05) is 19.1 Å². The molecule has 0 radical (unpaired) electrons. The van der Waals surface area contributed by atoms with E-state index in [9.17, 15) is 5.11 Å². The highest BCUT2D eigenvalue weighted by atomic mass is 28.3. The summed E-state index contributed by atoms with van der Waals surface area (Å²) in [6.45, 7) is 8.51. The molecule has 1 rings (SSSR count). The number of hydrogen-bond acceptors (Lipinski definition) is 1. The molecule has 0 bridgehead atoms. The second-order valence-electron chi connectivity index (χ2n) is 4.52. The third kappa shape index (κ3) is 3.27. The predicted molar refractivity (Wildman–Crippen MR) is 63.1 cm³/mol. The summed E-state index contributed by atoms with van der Waals surface area (Å²) in [5.41, 5.74) is 5.02. The molecule has 0 aromatic heterocycles. The maximum absolute atomic E-state index is 9.60. The standard InChI is InChI=1S/C12H16OSi/c1-10-5-6-11(12(13)9-10)7-8-14(2,3)4/h5-6,9,13H,1-4H3. The van der Waals surface area contributed by atoms with Crippen molar-refractivity contribution < 1.29 is 5.11 Å². The zero-order valence-corrected chi connectivity index (χ0v) is 10.2. The Labute approximate surface area is 86.8 Å². The molecule has 74 valence electrons. The molecule has 0 saturated heterocycles. The average Bonchev–Trinajstić information content (AvgIpc) is 2.00. The van der Waals surface area contributed by atoms with Gasteiger partial charge in [-0.25, -0.2) is 0 Å². The van der Waals surface area contributed by atoms with Crippen molar-refractivity contribution in [2.75, 3.05) is 0 Å². The summed E-state index contributed by atoms with van der Waals surface area (Å²) in [5.74, 6) is 3.33. The van der Waals surface area contributed by atoms with Crippen LogP contribution in [0.1, 0.15) is 11.1 Å². The minimum Gasteiger partial charge on any atom is -0.507 e. The minimum atomic E-state index is -1.35. The maximum atomic E-state index is 9.60. The van der Waals surface area contributed by atoms with E-state index >= 15 is 0 Å². The summed E-state index contributed by atoms with van der Waals surface area (Å²) in [4.78, 5) is 0. The molecule has 2 heteroatoms. The molecule has 0 heterocycles. The van der Waals surface area contributed by atoms with Gasteiger partial charge in [-0.1, -0.05) is 31.6 Å². The third-order valence-corrected chi connectivity index (χ3v) is 2.60. The van der Waals surface area contributed by atoms with Gasteiger partial charge in [-0.15, -0.1) is 5.54 Å². The molecule has 0 aliphatic carbocycles. The summed E-state index contributed by atoms with van der Waals surface area (Å²) in [5, 5.41) is 9.60. The van der Waals surface area contributed by atoms with E-state index in [0.29, 0.717) is 0 Å². The first-order chi connectivity index (χ1) is 6.38. The second-order valence-corrected chi connectivity index (χ2v) is 9.27. The summed E-state index contributed by atoms with van der Waals surface area (Å²) < 4.78 is 0. The molecule has 0 fully saturated rings. The average molecular weight is 204 g/mol. The topological polar surface area (TPSA) is 20.2 Å². The van der Waals surface area contributed by atoms with Crippen LogP contribution in [0.5, 0.6) is 5.75 Å². The first-order valence-corrected chi connectivity index (χ1v) is 8.21. The van der Waals surface area contributed by atoms with Crippen LogP contribution < -0.4 is 0 Å². The number of rotatable bonds is 0. The number of phenols is 1. The van der Waals surface area contributed by atoms with E-state index in [1.54, 1.807) is 6.07 Å². The van der Waals surface area contributed by atoms with Gasteiger partial charge in [0.15, 0.2) is 0 Å². The fourth-order valence-electron chi connectivity index (χ4n) is 1.00. The van der Waals surface area contributed by atoms with Crippen molar-refractivity contribution >= 4 is 8.07 Å². The molecule has 0 amide bonds. The van der Waals surface area contributed by atoms with Crippen molar-refractivity contribution in [3.05, 3.63) is 29.3 Å². The summed E-state index contributed by atoms with van der Waals surface area (Å²) >= 11 is 0. The van der Waals surface area contributed by atoms with Crippen LogP contribution in [0.2, 0.25) is 19.6 Å². The molecule has 1 nitrogen and oxygen atoms in total. The fourth-order valence-corrected chi connectivity index (χ4v) is 1.51. The highest BCUT2D eigenvalue weighted by molar-refractivity contribution is 6.83. The molecule has 0 atom stereocenters. The SMILES string of the molecule is Cc1ccc(C#C[Si](C)(C)C)c(O)c1. The van der Waals surface area contributed by atoms with Crippen molar-refractivity contribution in [2.24, 2.45) is 0 Å². The van der Waals surface area contributed by atoms with E-state index in [4.69, 9.17) is 0 Å². The normalized spacial score (nSPS) is 10.6. The van der Waals surface area contributed by atoms with E-state index in [0.717, 1.165) is 11.1 Å². The van der Waals surface area contributed by atoms with Crippen molar-refractivity contribution in [1.29, 1.82) is 0 Å². The van der Waals surface area contributed by atoms with Gasteiger partial charge in [0.1, 0.15) is 13.8 Å². The largest absolute Gasteiger partial charge is 0.507 e. The van der Waals surface area contributed by atoms with Gasteiger partial charge in [0.25, 0.3) is 0 Å². The zero-order valence-electron chi connectivity index (χ0n) is 9.18. The van der Waals surface area contributed by atoms with Crippen LogP contribution in [0.4, 0.5) is 0 Å². The van der Waals surface area contributed by atoms with Crippen LogP contribution in [-0.4, -0.2) is 13.2 Å². The Kier molecular flexibility index (Phi) is 3.02. The highest BCUT2D eigenvalue weighted by Crippen LogP contribution is 2.17. The molecule has 0 saturated carbocycles. The lowest BCUT2D eigenvalue weighted by Crippen LogP contribution is -2.16.